The van der Waals surface area contributed by atoms with Gasteiger partial charge in [-0.2, -0.15) is 0 Å². The molecule has 0 aromatic heterocycles. The number of benzene rings is 2. The maximum atomic E-state index is 13.5. The Kier molecular flexibility index (Phi) is 4.12. The van der Waals surface area contributed by atoms with Crippen molar-refractivity contribution in [2.24, 2.45) is 0 Å². The van der Waals surface area contributed by atoms with Gasteiger partial charge in [-0.25, -0.2) is 0 Å². The van der Waals surface area contributed by atoms with Gasteiger partial charge in [-0.15, -0.1) is 0 Å². The molecular weight excluding hydrogens is 307 g/mol. The lowest BCUT2D eigenvalue weighted by Gasteiger charge is -2.31. The molecule has 3 rings (SSSR count). The molecule has 4 heteroatoms. The van der Waals surface area contributed by atoms with Gasteiger partial charge in [0.05, 0.1) is 6.61 Å². The van der Waals surface area contributed by atoms with Gasteiger partial charge in [0.25, 0.3) is 0 Å². The summed E-state index contributed by atoms with van der Waals surface area (Å²) in [6, 6.07) is 13.8. The number of hydrogen-bond acceptors (Lipinski definition) is 3. The van der Waals surface area contributed by atoms with Gasteiger partial charge in [0.2, 0.25) is 7.37 Å². The molecule has 0 spiro atoms. The van der Waals surface area contributed by atoms with Crippen LogP contribution in [0.2, 0.25) is 0 Å². The molecule has 0 radical (unpaired) electrons. The minimum atomic E-state index is -2.91. The van der Waals surface area contributed by atoms with Crippen LogP contribution in [-0.4, -0.2) is 11.8 Å². The second-order valence-electron chi connectivity index (χ2n) is 6.84. The Morgan fingerprint density at radius 1 is 1.09 bits per heavy atom. The Balaban J connectivity index is 1.94. The third kappa shape index (κ3) is 2.96. The third-order valence-electron chi connectivity index (χ3n) is 4.03. The zero-order valence-electron chi connectivity index (χ0n) is 14.1. The highest BCUT2D eigenvalue weighted by Crippen LogP contribution is 2.58. The van der Waals surface area contributed by atoms with E-state index in [0.717, 1.165) is 34.4 Å². The van der Waals surface area contributed by atoms with Crippen LogP contribution in [0.25, 0.3) is 11.1 Å². The van der Waals surface area contributed by atoms with Crippen molar-refractivity contribution < 1.29 is 13.8 Å². The van der Waals surface area contributed by atoms with Crippen molar-refractivity contribution in [1.82, 2.24) is 0 Å². The minimum Gasteiger partial charge on any atom is -0.449 e. The molecule has 2 aromatic carbocycles. The van der Waals surface area contributed by atoms with Gasteiger partial charge in [-0.05, 0) is 30.2 Å². The molecule has 1 unspecified atom stereocenters. The van der Waals surface area contributed by atoms with Crippen LogP contribution in [0.4, 0.5) is 0 Å². The fraction of sp³-hybridized carbons (Fsp3) is 0.368. The van der Waals surface area contributed by atoms with Crippen molar-refractivity contribution in [3.05, 3.63) is 42.5 Å². The minimum absolute atomic E-state index is 0.425. The molecule has 1 aliphatic heterocycles. The topological polar surface area (TPSA) is 38.8 Å². The number of rotatable bonds is 5. The van der Waals surface area contributed by atoms with Gasteiger partial charge in [0.15, 0.2) is 11.5 Å². The maximum absolute atomic E-state index is 13.5. The lowest BCUT2D eigenvalue weighted by atomic mass is 10.1. The molecule has 0 N–H and O–H groups in total. The van der Waals surface area contributed by atoms with E-state index in [9.17, 15) is 4.57 Å². The van der Waals surface area contributed by atoms with Crippen LogP contribution in [0.5, 0.6) is 11.5 Å². The highest BCUT2D eigenvalue weighted by Gasteiger charge is 2.39. The molecule has 3 nitrogen and oxygen atoms in total. The second kappa shape index (κ2) is 5.81. The first kappa shape index (κ1) is 16.3. The van der Waals surface area contributed by atoms with E-state index < -0.39 is 12.5 Å². The van der Waals surface area contributed by atoms with Crippen LogP contribution in [0, 0.1) is 0 Å². The lowest BCUT2D eigenvalue weighted by molar-refractivity contribution is 0.306. The Hall–Kier alpha value is -1.57. The summed E-state index contributed by atoms with van der Waals surface area (Å²) in [5, 5.41) is 0.353. The van der Waals surface area contributed by atoms with E-state index in [2.05, 4.69) is 0 Å². The van der Waals surface area contributed by atoms with E-state index in [1.807, 2.05) is 70.2 Å². The Morgan fingerprint density at radius 2 is 1.78 bits per heavy atom. The molecule has 122 valence electrons. The summed E-state index contributed by atoms with van der Waals surface area (Å²) in [4.78, 5) is 0. The SMILES string of the molecule is CCCOP(=O)(c1ccc(-c2cccc3c2O3)cc1)C(C)(C)C. The first-order valence-corrected chi connectivity index (χ1v) is 9.66. The molecule has 0 aliphatic carbocycles. The van der Waals surface area contributed by atoms with E-state index in [0.29, 0.717) is 6.61 Å². The average molecular weight is 330 g/mol. The first-order valence-electron chi connectivity index (χ1n) is 8.03. The smallest absolute Gasteiger partial charge is 0.237 e. The van der Waals surface area contributed by atoms with Crippen LogP contribution in [0.1, 0.15) is 34.1 Å². The van der Waals surface area contributed by atoms with Gasteiger partial charge in [-0.3, -0.25) is 4.57 Å². The van der Waals surface area contributed by atoms with Crippen LogP contribution in [0.3, 0.4) is 0 Å². The fourth-order valence-electron chi connectivity index (χ4n) is 2.63. The number of hydrogen-bond donors (Lipinski definition) is 0. The predicted octanol–water partition coefficient (Wildman–Crippen LogP) is 5.59. The molecule has 0 saturated heterocycles. The standard InChI is InChI=1S/C19H23O3P/c1-5-13-21-23(20,19(2,3)4)15-11-9-14(10-12-15)16-7-6-8-17-18(16)22-17/h6-12H,5,13H2,1-4H3. The van der Waals surface area contributed by atoms with Crippen molar-refractivity contribution in [2.45, 2.75) is 39.3 Å². The first-order chi connectivity index (χ1) is 10.9. The highest BCUT2D eigenvalue weighted by atomic mass is 31.2. The van der Waals surface area contributed by atoms with Crippen molar-refractivity contribution in [1.29, 1.82) is 0 Å². The Morgan fingerprint density at radius 3 is 2.39 bits per heavy atom. The molecule has 1 aliphatic rings. The van der Waals surface area contributed by atoms with Gasteiger partial charge < -0.3 is 9.26 Å². The van der Waals surface area contributed by atoms with Crippen molar-refractivity contribution in [2.75, 3.05) is 6.61 Å². The Labute approximate surface area is 138 Å². The van der Waals surface area contributed by atoms with Crippen LogP contribution >= 0.6 is 7.37 Å². The maximum Gasteiger partial charge on any atom is 0.237 e. The number of ether oxygens (including phenoxy) is 1. The third-order valence-corrected chi connectivity index (χ3v) is 7.32. The summed E-state index contributed by atoms with van der Waals surface area (Å²) >= 11 is 0. The predicted molar refractivity (Wildman–Crippen MR) is 95.2 cm³/mol. The molecule has 0 fully saturated rings. The molecule has 0 amide bonds. The van der Waals surface area contributed by atoms with E-state index in [-0.39, 0.29) is 0 Å². The highest BCUT2D eigenvalue weighted by molar-refractivity contribution is 7.68. The lowest BCUT2D eigenvalue weighted by Crippen LogP contribution is -2.25. The van der Waals surface area contributed by atoms with E-state index in [1.165, 1.54) is 0 Å². The number of fused-ring (bicyclic) bond motifs is 1. The normalized spacial score (nSPS) is 15.5. The van der Waals surface area contributed by atoms with E-state index in [1.54, 1.807) is 0 Å². The van der Waals surface area contributed by atoms with Crippen LogP contribution in [0.15, 0.2) is 42.5 Å². The molecule has 1 atom stereocenters. The molecule has 0 bridgehead atoms. The van der Waals surface area contributed by atoms with Crippen LogP contribution < -0.4 is 10.0 Å². The molecule has 0 saturated carbocycles. The second-order valence-corrected chi connectivity index (χ2v) is 10.1. The van der Waals surface area contributed by atoms with E-state index >= 15 is 0 Å². The average Bonchev–Trinajstić information content (AvgIpc) is 3.31. The monoisotopic (exact) mass is 330 g/mol. The van der Waals surface area contributed by atoms with Crippen molar-refractivity contribution in [3.63, 3.8) is 0 Å². The quantitative estimate of drug-likeness (QED) is 0.452. The largest absolute Gasteiger partial charge is 0.449 e. The van der Waals surface area contributed by atoms with Crippen molar-refractivity contribution in [3.8, 4) is 22.6 Å². The van der Waals surface area contributed by atoms with Gasteiger partial charge in [-0.1, -0.05) is 52.0 Å². The van der Waals surface area contributed by atoms with Crippen molar-refractivity contribution >= 4 is 12.7 Å². The summed E-state index contributed by atoms with van der Waals surface area (Å²) in [7, 11) is -2.91. The summed E-state index contributed by atoms with van der Waals surface area (Å²) in [6.45, 7) is 8.46. The van der Waals surface area contributed by atoms with Gasteiger partial charge in [0.1, 0.15) is 0 Å². The van der Waals surface area contributed by atoms with Gasteiger partial charge >= 0.3 is 0 Å². The zero-order valence-corrected chi connectivity index (χ0v) is 15.0. The summed E-state index contributed by atoms with van der Waals surface area (Å²) in [5.74, 6) is 1.89. The molecule has 2 aromatic rings. The molecule has 23 heavy (non-hydrogen) atoms. The fourth-order valence-corrected chi connectivity index (χ4v) is 4.92. The van der Waals surface area contributed by atoms with Crippen LogP contribution in [-0.2, 0) is 9.09 Å². The Bertz CT molecular complexity index is 757. The zero-order chi connectivity index (χ0) is 16.7. The number of para-hydroxylation sites is 1. The summed E-state index contributed by atoms with van der Waals surface area (Å²) in [5.41, 5.74) is 2.15. The molecule has 1 heterocycles. The van der Waals surface area contributed by atoms with E-state index in [4.69, 9.17) is 9.26 Å². The molecular formula is C19H23O3P. The van der Waals surface area contributed by atoms with Gasteiger partial charge in [0, 0.05) is 16.0 Å². The summed E-state index contributed by atoms with van der Waals surface area (Å²) in [6.07, 6.45) is 0.853. The summed E-state index contributed by atoms with van der Waals surface area (Å²) < 4.78 is 24.8.